The van der Waals surface area contributed by atoms with Gasteiger partial charge in [0.2, 0.25) is 0 Å². The SMILES string of the molecule is COCc1c(C(O)C=O)c([N+](=O)[O-])c2n(c1=O)Cc1c-2nc2ccccc2c1C#N. The number of aldehydes is 1. The number of aliphatic hydroxyl groups excluding tert-OH is 1. The van der Waals surface area contributed by atoms with Crippen molar-refractivity contribution in [3.05, 3.63) is 67.0 Å². The van der Waals surface area contributed by atoms with Gasteiger partial charge in [-0.1, -0.05) is 18.2 Å². The Balaban J connectivity index is 2.20. The van der Waals surface area contributed by atoms with E-state index in [1.165, 1.54) is 7.11 Å². The standard InChI is InChI=1S/C20H14N4O6/c1-30-9-13-16(15(26)8-25)18(24(28)29)19-17-12(7-23(19)20(13)27)11(6-21)10-4-2-3-5-14(10)22-17/h2-5,8,15,26H,7,9H2,1H3. The highest BCUT2D eigenvalue weighted by atomic mass is 16.6. The van der Waals surface area contributed by atoms with Gasteiger partial charge >= 0.3 is 5.69 Å². The summed E-state index contributed by atoms with van der Waals surface area (Å²) in [5, 5.41) is 32.5. The molecule has 0 radical (unpaired) electrons. The number of methoxy groups -OCH3 is 1. The summed E-state index contributed by atoms with van der Waals surface area (Å²) in [6.07, 6.45) is -1.78. The zero-order chi connectivity index (χ0) is 21.6. The third kappa shape index (κ3) is 2.61. The van der Waals surface area contributed by atoms with Crippen molar-refractivity contribution in [2.24, 2.45) is 0 Å². The maximum Gasteiger partial charge on any atom is 0.302 e. The number of carbonyl (C=O) groups is 1. The number of benzene rings is 1. The molecule has 1 N–H and O–H groups in total. The first-order valence-corrected chi connectivity index (χ1v) is 8.82. The van der Waals surface area contributed by atoms with Crippen LogP contribution < -0.4 is 5.56 Å². The largest absolute Gasteiger partial charge is 0.381 e. The third-order valence-corrected chi connectivity index (χ3v) is 5.12. The summed E-state index contributed by atoms with van der Waals surface area (Å²) in [6, 6.07) is 8.92. The first kappa shape index (κ1) is 19.4. The molecule has 4 rings (SSSR count). The molecule has 0 aliphatic carbocycles. The summed E-state index contributed by atoms with van der Waals surface area (Å²) in [7, 11) is 1.29. The molecule has 1 aromatic carbocycles. The number of ether oxygens (including phenoxy) is 1. The average Bonchev–Trinajstić information content (AvgIpc) is 3.12. The van der Waals surface area contributed by atoms with Crippen LogP contribution in [0, 0.1) is 21.4 Å². The molecule has 3 aromatic rings. The van der Waals surface area contributed by atoms with Crippen LogP contribution in [-0.4, -0.2) is 33.0 Å². The summed E-state index contributed by atoms with van der Waals surface area (Å²) in [5.41, 5.74) is -0.836. The van der Waals surface area contributed by atoms with E-state index in [9.17, 15) is 30.1 Å². The number of para-hydroxylation sites is 1. The molecule has 0 saturated heterocycles. The Bertz CT molecular complexity index is 1340. The van der Waals surface area contributed by atoms with Crippen LogP contribution in [0.15, 0.2) is 29.1 Å². The van der Waals surface area contributed by atoms with E-state index >= 15 is 0 Å². The number of carbonyl (C=O) groups excluding carboxylic acids is 1. The van der Waals surface area contributed by atoms with Crippen LogP contribution in [0.3, 0.4) is 0 Å². The summed E-state index contributed by atoms with van der Waals surface area (Å²) < 4.78 is 6.14. The Morgan fingerprint density at radius 1 is 1.47 bits per heavy atom. The molecule has 3 heterocycles. The van der Waals surface area contributed by atoms with Crippen molar-refractivity contribution in [3.63, 3.8) is 0 Å². The fraction of sp³-hybridized carbons (Fsp3) is 0.200. The maximum atomic E-state index is 13.2. The first-order valence-electron chi connectivity index (χ1n) is 8.82. The van der Waals surface area contributed by atoms with Gasteiger partial charge in [-0.3, -0.25) is 19.5 Å². The van der Waals surface area contributed by atoms with Crippen molar-refractivity contribution in [2.45, 2.75) is 19.3 Å². The predicted octanol–water partition coefficient (Wildman–Crippen LogP) is 1.58. The number of fused-ring (bicyclic) bond motifs is 4. The molecular weight excluding hydrogens is 392 g/mol. The number of hydrogen-bond donors (Lipinski definition) is 1. The van der Waals surface area contributed by atoms with Gasteiger partial charge in [0, 0.05) is 18.1 Å². The molecule has 0 bridgehead atoms. The smallest absolute Gasteiger partial charge is 0.302 e. The monoisotopic (exact) mass is 406 g/mol. The number of nitro groups is 1. The van der Waals surface area contributed by atoms with Crippen LogP contribution in [-0.2, 0) is 22.7 Å². The molecule has 1 aliphatic rings. The van der Waals surface area contributed by atoms with Crippen LogP contribution in [0.25, 0.3) is 22.3 Å². The minimum atomic E-state index is -1.89. The van der Waals surface area contributed by atoms with Gasteiger partial charge in [0.05, 0.1) is 40.3 Å². The Morgan fingerprint density at radius 3 is 2.83 bits per heavy atom. The minimum absolute atomic E-state index is 0.0980. The Hall–Kier alpha value is -3.94. The van der Waals surface area contributed by atoms with Crippen LogP contribution in [0.1, 0.15) is 28.4 Å². The zero-order valence-electron chi connectivity index (χ0n) is 15.7. The van der Waals surface area contributed by atoms with Gasteiger partial charge in [-0.2, -0.15) is 5.26 Å². The number of aromatic nitrogens is 2. The molecule has 2 aromatic heterocycles. The number of aliphatic hydroxyl groups is 1. The second-order valence-corrected chi connectivity index (χ2v) is 6.69. The van der Waals surface area contributed by atoms with E-state index in [2.05, 4.69) is 11.1 Å². The molecular formula is C20H14N4O6. The normalized spacial score (nSPS) is 12.8. The van der Waals surface area contributed by atoms with Crippen molar-refractivity contribution >= 4 is 22.9 Å². The Labute approximate surface area is 168 Å². The topological polar surface area (TPSA) is 148 Å². The molecule has 10 nitrogen and oxygen atoms in total. The summed E-state index contributed by atoms with van der Waals surface area (Å²) >= 11 is 0. The van der Waals surface area contributed by atoms with Crippen LogP contribution in [0.2, 0.25) is 0 Å². The van der Waals surface area contributed by atoms with Crippen molar-refractivity contribution < 1.29 is 19.6 Å². The lowest BCUT2D eigenvalue weighted by Gasteiger charge is -2.15. The molecule has 1 atom stereocenters. The summed E-state index contributed by atoms with van der Waals surface area (Å²) in [5.74, 6) is 0. The zero-order valence-corrected chi connectivity index (χ0v) is 15.7. The van der Waals surface area contributed by atoms with E-state index in [0.717, 1.165) is 4.57 Å². The average molecular weight is 406 g/mol. The van der Waals surface area contributed by atoms with E-state index in [-0.39, 0.29) is 42.0 Å². The number of nitriles is 1. The van der Waals surface area contributed by atoms with Gasteiger partial charge in [-0.15, -0.1) is 0 Å². The highest BCUT2D eigenvalue weighted by molar-refractivity contribution is 5.92. The highest BCUT2D eigenvalue weighted by Gasteiger charge is 2.39. The number of nitrogens with zero attached hydrogens (tertiary/aromatic N) is 4. The van der Waals surface area contributed by atoms with Crippen molar-refractivity contribution in [1.82, 2.24) is 9.55 Å². The first-order chi connectivity index (χ1) is 14.4. The van der Waals surface area contributed by atoms with Gasteiger partial charge < -0.3 is 14.6 Å². The van der Waals surface area contributed by atoms with E-state index in [1.807, 2.05) is 0 Å². The minimum Gasteiger partial charge on any atom is -0.381 e. The molecule has 150 valence electrons. The number of hydrogen-bond acceptors (Lipinski definition) is 8. The molecule has 0 amide bonds. The van der Waals surface area contributed by atoms with Crippen molar-refractivity contribution in [1.29, 1.82) is 5.26 Å². The fourth-order valence-corrected chi connectivity index (χ4v) is 3.91. The van der Waals surface area contributed by atoms with Gasteiger partial charge in [0.1, 0.15) is 23.6 Å². The van der Waals surface area contributed by atoms with E-state index in [1.54, 1.807) is 24.3 Å². The van der Waals surface area contributed by atoms with Crippen LogP contribution in [0.5, 0.6) is 0 Å². The Kier molecular flexibility index (Phi) is 4.62. The van der Waals surface area contributed by atoms with Crippen LogP contribution >= 0.6 is 0 Å². The lowest BCUT2D eigenvalue weighted by atomic mass is 9.98. The molecule has 0 fully saturated rings. The van der Waals surface area contributed by atoms with E-state index < -0.39 is 27.8 Å². The molecule has 0 spiro atoms. The van der Waals surface area contributed by atoms with E-state index in [0.29, 0.717) is 16.5 Å². The summed E-state index contributed by atoms with van der Waals surface area (Å²) in [4.78, 5) is 40.2. The Morgan fingerprint density at radius 2 is 2.20 bits per heavy atom. The van der Waals surface area contributed by atoms with Crippen LogP contribution in [0.4, 0.5) is 5.69 Å². The lowest BCUT2D eigenvalue weighted by Crippen LogP contribution is -2.28. The van der Waals surface area contributed by atoms with Crippen molar-refractivity contribution in [3.8, 4) is 17.5 Å². The molecule has 30 heavy (non-hydrogen) atoms. The second-order valence-electron chi connectivity index (χ2n) is 6.69. The molecule has 1 unspecified atom stereocenters. The molecule has 0 saturated carbocycles. The molecule has 1 aliphatic heterocycles. The van der Waals surface area contributed by atoms with Gasteiger partial charge in [-0.05, 0) is 6.07 Å². The van der Waals surface area contributed by atoms with Crippen molar-refractivity contribution in [2.75, 3.05) is 7.11 Å². The van der Waals surface area contributed by atoms with Gasteiger partial charge in [0.25, 0.3) is 5.56 Å². The fourth-order valence-electron chi connectivity index (χ4n) is 3.91. The number of rotatable bonds is 5. The maximum absolute atomic E-state index is 13.2. The lowest BCUT2D eigenvalue weighted by molar-refractivity contribution is -0.385. The quantitative estimate of drug-likeness (QED) is 0.298. The summed E-state index contributed by atoms with van der Waals surface area (Å²) in [6.45, 7) is -0.434. The third-order valence-electron chi connectivity index (χ3n) is 5.12. The van der Waals surface area contributed by atoms with Gasteiger partial charge in [0.15, 0.2) is 6.29 Å². The second kappa shape index (κ2) is 7.14. The van der Waals surface area contributed by atoms with Gasteiger partial charge in [-0.25, -0.2) is 4.98 Å². The molecule has 10 heteroatoms. The number of pyridine rings is 2. The van der Waals surface area contributed by atoms with E-state index in [4.69, 9.17) is 4.74 Å². The highest BCUT2D eigenvalue weighted by Crippen LogP contribution is 2.43. The predicted molar refractivity (Wildman–Crippen MR) is 104 cm³/mol.